The zero-order valence-corrected chi connectivity index (χ0v) is 21.5. The smallest absolute Gasteiger partial charge is 0.273 e. The lowest BCUT2D eigenvalue weighted by atomic mass is 9.99. The number of carbonyl (C=O) groups is 3. The van der Waals surface area contributed by atoms with Gasteiger partial charge in [0, 0.05) is 11.7 Å². The van der Waals surface area contributed by atoms with E-state index >= 15 is 0 Å². The van der Waals surface area contributed by atoms with Crippen molar-refractivity contribution < 1.29 is 14.4 Å². The summed E-state index contributed by atoms with van der Waals surface area (Å²) < 4.78 is 4.01. The molecule has 1 aliphatic carbocycles. The maximum atomic E-state index is 14.1. The van der Waals surface area contributed by atoms with Gasteiger partial charge in [-0.3, -0.25) is 19.3 Å². The Morgan fingerprint density at radius 1 is 1.03 bits per heavy atom. The summed E-state index contributed by atoms with van der Waals surface area (Å²) in [6.45, 7) is 5.83. The lowest BCUT2D eigenvalue weighted by Gasteiger charge is -2.33. The summed E-state index contributed by atoms with van der Waals surface area (Å²) >= 11 is 0.806. The fourth-order valence-electron chi connectivity index (χ4n) is 4.70. The van der Waals surface area contributed by atoms with Gasteiger partial charge in [-0.1, -0.05) is 60.4 Å². The minimum atomic E-state index is -0.960. The normalized spacial score (nSPS) is 14.4. The standard InChI is InChI=1S/C27H31N5O3S/c1-15-8-11-18(12-9-15)23(26(34)30-19-6-4-5-7-19)32(20-13-10-16(2)14-17(20)3)27(35)24-21(28)22(25(29)33)31-36-24/h8-14,19,23H,4-7,28H2,1-3H3,(H2,29,33)(H,30,34)/t23-/m1/s1. The van der Waals surface area contributed by atoms with Crippen LogP contribution in [0.25, 0.3) is 0 Å². The first-order valence-corrected chi connectivity index (χ1v) is 12.8. The molecule has 0 unspecified atom stereocenters. The largest absolute Gasteiger partial charge is 0.395 e. The molecular weight excluding hydrogens is 474 g/mol. The summed E-state index contributed by atoms with van der Waals surface area (Å²) in [4.78, 5) is 41.3. The molecule has 0 aliphatic heterocycles. The number of hydrogen-bond acceptors (Lipinski definition) is 6. The Morgan fingerprint density at radius 2 is 1.67 bits per heavy atom. The van der Waals surface area contributed by atoms with Crippen LogP contribution in [-0.2, 0) is 4.79 Å². The van der Waals surface area contributed by atoms with E-state index in [4.69, 9.17) is 11.5 Å². The summed E-state index contributed by atoms with van der Waals surface area (Å²) in [5.74, 6) is -1.59. The molecular formula is C27H31N5O3S. The van der Waals surface area contributed by atoms with Gasteiger partial charge < -0.3 is 16.8 Å². The Labute approximate surface area is 214 Å². The third-order valence-electron chi connectivity index (χ3n) is 6.59. The monoisotopic (exact) mass is 505 g/mol. The molecule has 1 fully saturated rings. The molecule has 2 aromatic carbocycles. The van der Waals surface area contributed by atoms with Gasteiger partial charge in [0.05, 0.1) is 5.69 Å². The van der Waals surface area contributed by atoms with Gasteiger partial charge in [0.15, 0.2) is 5.69 Å². The molecule has 1 aromatic heterocycles. The molecule has 188 valence electrons. The van der Waals surface area contributed by atoms with E-state index in [1.54, 1.807) is 0 Å². The molecule has 1 aliphatic rings. The SMILES string of the molecule is Cc1ccc([C@H](C(=O)NC2CCCC2)N(C(=O)c2snc(C(N)=O)c2N)c2ccc(C)cc2C)cc1. The average molecular weight is 506 g/mol. The van der Waals surface area contributed by atoms with Crippen molar-refractivity contribution in [3.05, 3.63) is 75.3 Å². The van der Waals surface area contributed by atoms with Crippen LogP contribution < -0.4 is 21.7 Å². The zero-order chi connectivity index (χ0) is 26.0. The first-order valence-electron chi connectivity index (χ1n) is 12.0. The lowest BCUT2D eigenvalue weighted by molar-refractivity contribution is -0.123. The van der Waals surface area contributed by atoms with Gasteiger partial charge in [-0.05, 0) is 62.3 Å². The van der Waals surface area contributed by atoms with E-state index in [0.29, 0.717) is 11.3 Å². The maximum absolute atomic E-state index is 14.1. The van der Waals surface area contributed by atoms with Crippen molar-refractivity contribution in [2.24, 2.45) is 5.73 Å². The number of benzene rings is 2. The number of aryl methyl sites for hydroxylation is 3. The van der Waals surface area contributed by atoms with Crippen LogP contribution in [0.5, 0.6) is 0 Å². The number of nitrogens with two attached hydrogens (primary N) is 2. The Hall–Kier alpha value is -3.72. The number of primary amides is 1. The first-order chi connectivity index (χ1) is 17.2. The second kappa shape index (κ2) is 10.5. The van der Waals surface area contributed by atoms with E-state index < -0.39 is 17.9 Å². The van der Waals surface area contributed by atoms with E-state index in [9.17, 15) is 14.4 Å². The highest BCUT2D eigenvalue weighted by Gasteiger charge is 2.37. The van der Waals surface area contributed by atoms with Gasteiger partial charge in [0.2, 0.25) is 5.91 Å². The van der Waals surface area contributed by atoms with Crippen molar-refractivity contribution in [1.29, 1.82) is 0 Å². The molecule has 8 nitrogen and oxygen atoms in total. The van der Waals surface area contributed by atoms with Gasteiger partial charge in [-0.25, -0.2) is 0 Å². The Kier molecular flexibility index (Phi) is 7.40. The lowest BCUT2D eigenvalue weighted by Crippen LogP contribution is -2.46. The number of hydrogen-bond donors (Lipinski definition) is 3. The van der Waals surface area contributed by atoms with Crippen LogP contribution in [-0.4, -0.2) is 28.1 Å². The molecule has 36 heavy (non-hydrogen) atoms. The molecule has 1 atom stereocenters. The number of nitrogens with zero attached hydrogens (tertiary/aromatic N) is 2. The predicted molar refractivity (Wildman–Crippen MR) is 142 cm³/mol. The van der Waals surface area contributed by atoms with Crippen LogP contribution in [0.15, 0.2) is 42.5 Å². The van der Waals surface area contributed by atoms with Crippen molar-refractivity contribution >= 4 is 40.6 Å². The van der Waals surface area contributed by atoms with Gasteiger partial charge in [0.1, 0.15) is 10.9 Å². The van der Waals surface area contributed by atoms with Crippen LogP contribution >= 0.6 is 11.5 Å². The van der Waals surface area contributed by atoms with E-state index in [2.05, 4.69) is 9.69 Å². The van der Waals surface area contributed by atoms with Crippen molar-refractivity contribution in [2.45, 2.75) is 58.5 Å². The van der Waals surface area contributed by atoms with Crippen LogP contribution in [0.3, 0.4) is 0 Å². The minimum Gasteiger partial charge on any atom is -0.395 e. The van der Waals surface area contributed by atoms with Crippen molar-refractivity contribution in [3.63, 3.8) is 0 Å². The fraction of sp³-hybridized carbons (Fsp3) is 0.333. The third kappa shape index (κ3) is 5.11. The highest BCUT2D eigenvalue weighted by atomic mass is 32.1. The Bertz CT molecular complexity index is 1300. The first kappa shape index (κ1) is 25.4. The molecule has 4 rings (SSSR count). The van der Waals surface area contributed by atoms with Crippen LogP contribution in [0, 0.1) is 20.8 Å². The Morgan fingerprint density at radius 3 is 2.25 bits per heavy atom. The molecule has 1 saturated carbocycles. The molecule has 0 spiro atoms. The number of carbonyl (C=O) groups excluding carboxylic acids is 3. The number of amides is 3. The summed E-state index contributed by atoms with van der Waals surface area (Å²) in [7, 11) is 0. The highest BCUT2D eigenvalue weighted by molar-refractivity contribution is 7.09. The van der Waals surface area contributed by atoms with Crippen molar-refractivity contribution in [1.82, 2.24) is 9.69 Å². The molecule has 3 aromatic rings. The van der Waals surface area contributed by atoms with E-state index in [1.807, 2.05) is 63.2 Å². The molecule has 1 heterocycles. The minimum absolute atomic E-state index is 0.0644. The number of nitrogen functional groups attached to an aromatic ring is 1. The quantitative estimate of drug-likeness (QED) is 0.443. The van der Waals surface area contributed by atoms with Crippen molar-refractivity contribution in [3.8, 4) is 0 Å². The van der Waals surface area contributed by atoms with Gasteiger partial charge in [-0.2, -0.15) is 4.37 Å². The van der Waals surface area contributed by atoms with E-state index in [0.717, 1.165) is 53.9 Å². The van der Waals surface area contributed by atoms with Crippen LogP contribution in [0.1, 0.15) is 74.1 Å². The molecule has 5 N–H and O–H groups in total. The predicted octanol–water partition coefficient (Wildman–Crippen LogP) is 4.20. The van der Waals surface area contributed by atoms with E-state index in [1.165, 1.54) is 4.90 Å². The second-order valence-corrected chi connectivity index (χ2v) is 10.2. The number of rotatable bonds is 7. The van der Waals surface area contributed by atoms with Gasteiger partial charge in [-0.15, -0.1) is 0 Å². The third-order valence-corrected chi connectivity index (χ3v) is 7.44. The number of aromatic nitrogens is 1. The summed E-state index contributed by atoms with van der Waals surface area (Å²) in [5.41, 5.74) is 15.5. The zero-order valence-electron chi connectivity index (χ0n) is 20.7. The van der Waals surface area contributed by atoms with Gasteiger partial charge in [0.25, 0.3) is 11.8 Å². The highest BCUT2D eigenvalue weighted by Crippen LogP contribution is 2.35. The van der Waals surface area contributed by atoms with Crippen molar-refractivity contribution in [2.75, 3.05) is 10.6 Å². The van der Waals surface area contributed by atoms with Crippen LogP contribution in [0.2, 0.25) is 0 Å². The molecule has 9 heteroatoms. The fourth-order valence-corrected chi connectivity index (χ4v) is 5.44. The molecule has 0 bridgehead atoms. The summed E-state index contributed by atoms with van der Waals surface area (Å²) in [6.07, 6.45) is 3.95. The summed E-state index contributed by atoms with van der Waals surface area (Å²) in [5, 5.41) is 3.17. The maximum Gasteiger partial charge on any atom is 0.273 e. The van der Waals surface area contributed by atoms with E-state index in [-0.39, 0.29) is 28.2 Å². The molecule has 0 radical (unpaired) electrons. The second-order valence-electron chi connectivity index (χ2n) is 9.41. The number of anilines is 2. The molecule has 0 saturated heterocycles. The average Bonchev–Trinajstić information content (AvgIpc) is 3.48. The Balaban J connectivity index is 1.88. The summed E-state index contributed by atoms with van der Waals surface area (Å²) in [6, 6.07) is 12.4. The topological polar surface area (TPSA) is 131 Å². The number of nitrogens with one attached hydrogen (secondary N) is 1. The van der Waals surface area contributed by atoms with Gasteiger partial charge >= 0.3 is 0 Å². The van der Waals surface area contributed by atoms with Crippen LogP contribution in [0.4, 0.5) is 11.4 Å². The molecule has 3 amide bonds.